The molecule has 0 unspecified atom stereocenters. The molecule has 0 aromatic rings. The van der Waals surface area contributed by atoms with Gasteiger partial charge in [0, 0.05) is 12.3 Å². The number of aliphatic hydroxyl groups excluding tert-OH is 1. The molecule has 0 spiro atoms. The van der Waals surface area contributed by atoms with Gasteiger partial charge in [-0.1, -0.05) is 25.5 Å². The molecule has 4 aliphatic carbocycles. The summed E-state index contributed by atoms with van der Waals surface area (Å²) in [5.41, 5.74) is 1.84. The number of allylic oxidation sites excluding steroid dienone is 2. The van der Waals surface area contributed by atoms with Crippen molar-refractivity contribution in [1.29, 1.82) is 0 Å². The SMILES string of the molecule is C/C=C1/CC[C@H]2[C@@H]3CC[C@H]4C[C@@H](O)CC[C@]4(C)[C@H]3C(=O)C[C@]12C. The first-order valence-corrected chi connectivity index (χ1v) is 9.76. The van der Waals surface area contributed by atoms with E-state index in [1.807, 2.05) is 0 Å². The van der Waals surface area contributed by atoms with Gasteiger partial charge in [0.1, 0.15) is 5.78 Å². The first-order valence-electron chi connectivity index (χ1n) is 9.76. The third kappa shape index (κ3) is 2.06. The third-order valence-corrected chi connectivity index (χ3v) is 8.52. The van der Waals surface area contributed by atoms with E-state index in [2.05, 4.69) is 26.8 Å². The lowest BCUT2D eigenvalue weighted by molar-refractivity contribution is -0.157. The van der Waals surface area contributed by atoms with E-state index in [0.717, 1.165) is 25.7 Å². The van der Waals surface area contributed by atoms with Crippen LogP contribution < -0.4 is 0 Å². The summed E-state index contributed by atoms with van der Waals surface area (Å²) in [6.07, 6.45) is 10.7. The molecule has 4 fully saturated rings. The Kier molecular flexibility index (Phi) is 3.58. The van der Waals surface area contributed by atoms with E-state index in [0.29, 0.717) is 23.5 Å². The van der Waals surface area contributed by atoms with Crippen LogP contribution in [0, 0.1) is 34.5 Å². The number of Topliss-reactive ketones (excluding diaryl/α,β-unsaturated/α-hetero) is 1. The Balaban J connectivity index is 1.70. The van der Waals surface area contributed by atoms with E-state index >= 15 is 0 Å². The largest absolute Gasteiger partial charge is 0.393 e. The highest BCUT2D eigenvalue weighted by Crippen LogP contribution is 2.66. The number of aliphatic hydroxyl groups is 1. The van der Waals surface area contributed by atoms with Crippen LogP contribution in [0.25, 0.3) is 0 Å². The minimum atomic E-state index is -0.130. The van der Waals surface area contributed by atoms with E-state index in [1.165, 1.54) is 25.7 Å². The maximum Gasteiger partial charge on any atom is 0.137 e. The number of carbonyl (C=O) groups excluding carboxylic acids is 1. The highest BCUT2D eigenvalue weighted by Gasteiger charge is 2.61. The molecule has 128 valence electrons. The van der Waals surface area contributed by atoms with Crippen LogP contribution in [0.4, 0.5) is 0 Å². The number of fused-ring (bicyclic) bond motifs is 5. The maximum absolute atomic E-state index is 13.3. The summed E-state index contributed by atoms with van der Waals surface area (Å²) < 4.78 is 0. The van der Waals surface area contributed by atoms with Crippen LogP contribution in [-0.4, -0.2) is 17.0 Å². The number of ketones is 1. The predicted octanol–water partition coefficient (Wildman–Crippen LogP) is 4.52. The zero-order valence-corrected chi connectivity index (χ0v) is 15.0. The molecular formula is C21H32O2. The van der Waals surface area contributed by atoms with Gasteiger partial charge >= 0.3 is 0 Å². The van der Waals surface area contributed by atoms with Crippen LogP contribution in [0.1, 0.15) is 72.1 Å². The summed E-state index contributed by atoms with van der Waals surface area (Å²) in [6, 6.07) is 0. The van der Waals surface area contributed by atoms with Crippen molar-refractivity contribution in [3.8, 4) is 0 Å². The molecule has 0 aromatic heterocycles. The van der Waals surface area contributed by atoms with Gasteiger partial charge in [-0.2, -0.15) is 0 Å². The van der Waals surface area contributed by atoms with Gasteiger partial charge in [0.05, 0.1) is 6.10 Å². The molecule has 0 amide bonds. The fraction of sp³-hybridized carbons (Fsp3) is 0.857. The van der Waals surface area contributed by atoms with Crippen LogP contribution in [0.15, 0.2) is 11.6 Å². The highest BCUT2D eigenvalue weighted by atomic mass is 16.3. The molecule has 4 saturated carbocycles. The summed E-state index contributed by atoms with van der Waals surface area (Å²) >= 11 is 0. The molecule has 7 atom stereocenters. The monoisotopic (exact) mass is 316 g/mol. The smallest absolute Gasteiger partial charge is 0.137 e. The molecule has 0 saturated heterocycles. The van der Waals surface area contributed by atoms with Gasteiger partial charge in [-0.15, -0.1) is 0 Å². The summed E-state index contributed by atoms with van der Waals surface area (Å²) in [7, 11) is 0. The van der Waals surface area contributed by atoms with Crippen molar-refractivity contribution in [2.75, 3.05) is 0 Å². The number of rotatable bonds is 0. The third-order valence-electron chi connectivity index (χ3n) is 8.52. The summed E-state index contributed by atoms with van der Waals surface area (Å²) in [6.45, 7) is 6.90. The van der Waals surface area contributed by atoms with Gasteiger partial charge in [0.2, 0.25) is 0 Å². The summed E-state index contributed by atoms with van der Waals surface area (Å²) in [4.78, 5) is 13.3. The number of hydrogen-bond acceptors (Lipinski definition) is 2. The fourth-order valence-electron chi connectivity index (χ4n) is 7.37. The molecule has 23 heavy (non-hydrogen) atoms. The number of hydrogen-bond donors (Lipinski definition) is 1. The van der Waals surface area contributed by atoms with Crippen LogP contribution in [-0.2, 0) is 4.79 Å². The fourth-order valence-corrected chi connectivity index (χ4v) is 7.37. The Morgan fingerprint density at radius 3 is 2.70 bits per heavy atom. The molecular weight excluding hydrogens is 284 g/mol. The molecule has 1 N–H and O–H groups in total. The first kappa shape index (κ1) is 15.9. The minimum Gasteiger partial charge on any atom is -0.393 e. The second-order valence-corrected chi connectivity index (χ2v) is 9.37. The minimum absolute atomic E-state index is 0.130. The second-order valence-electron chi connectivity index (χ2n) is 9.37. The molecule has 2 nitrogen and oxygen atoms in total. The predicted molar refractivity (Wildman–Crippen MR) is 91.9 cm³/mol. The molecule has 0 aliphatic heterocycles. The lowest BCUT2D eigenvalue weighted by Crippen LogP contribution is -2.57. The number of carbonyl (C=O) groups is 1. The van der Waals surface area contributed by atoms with Crippen LogP contribution >= 0.6 is 0 Å². The van der Waals surface area contributed by atoms with E-state index in [4.69, 9.17) is 0 Å². The van der Waals surface area contributed by atoms with Crippen molar-refractivity contribution in [2.45, 2.75) is 78.2 Å². The molecule has 4 rings (SSSR count). The normalized spacial score (nSPS) is 54.5. The van der Waals surface area contributed by atoms with Crippen molar-refractivity contribution in [1.82, 2.24) is 0 Å². The van der Waals surface area contributed by atoms with Crippen molar-refractivity contribution in [3.05, 3.63) is 11.6 Å². The van der Waals surface area contributed by atoms with Gasteiger partial charge < -0.3 is 5.11 Å². The van der Waals surface area contributed by atoms with Crippen molar-refractivity contribution in [3.63, 3.8) is 0 Å². The highest BCUT2D eigenvalue weighted by molar-refractivity contribution is 5.85. The van der Waals surface area contributed by atoms with Gasteiger partial charge in [-0.05, 0) is 80.5 Å². The Labute approximate surface area is 140 Å². The van der Waals surface area contributed by atoms with Crippen LogP contribution in [0.5, 0.6) is 0 Å². The molecule has 0 radical (unpaired) electrons. The van der Waals surface area contributed by atoms with E-state index < -0.39 is 0 Å². The summed E-state index contributed by atoms with van der Waals surface area (Å²) in [5.74, 6) is 2.67. The standard InChI is InChI=1S/C21H32O2/c1-4-13-6-8-17-16-7-5-14-11-15(22)9-10-20(14,2)19(16)18(23)12-21(13,17)3/h4,14-17,19,22H,5-12H2,1-3H3/b13-4-/t14-,15-,16-,17-,19+,20-,21+/m0/s1. The van der Waals surface area contributed by atoms with Gasteiger partial charge in [0.25, 0.3) is 0 Å². The van der Waals surface area contributed by atoms with Crippen LogP contribution in [0.2, 0.25) is 0 Å². The topological polar surface area (TPSA) is 37.3 Å². The Hall–Kier alpha value is -0.630. The van der Waals surface area contributed by atoms with E-state index in [1.54, 1.807) is 5.57 Å². The zero-order chi connectivity index (χ0) is 16.4. The lowest BCUT2D eigenvalue weighted by Gasteiger charge is -2.59. The maximum atomic E-state index is 13.3. The second kappa shape index (κ2) is 5.18. The van der Waals surface area contributed by atoms with Gasteiger partial charge in [-0.25, -0.2) is 0 Å². The Morgan fingerprint density at radius 2 is 1.96 bits per heavy atom. The van der Waals surface area contributed by atoms with E-state index in [9.17, 15) is 9.90 Å². The van der Waals surface area contributed by atoms with E-state index in [-0.39, 0.29) is 22.9 Å². The average molecular weight is 316 g/mol. The molecule has 0 bridgehead atoms. The van der Waals surface area contributed by atoms with Crippen LogP contribution in [0.3, 0.4) is 0 Å². The van der Waals surface area contributed by atoms with Crippen molar-refractivity contribution >= 4 is 5.78 Å². The molecule has 2 heteroatoms. The molecule has 0 heterocycles. The van der Waals surface area contributed by atoms with Gasteiger partial charge in [0.15, 0.2) is 0 Å². The van der Waals surface area contributed by atoms with Crippen molar-refractivity contribution in [2.24, 2.45) is 34.5 Å². The summed E-state index contributed by atoms with van der Waals surface area (Å²) in [5, 5.41) is 10.1. The first-order chi connectivity index (χ1) is 10.9. The average Bonchev–Trinajstić information content (AvgIpc) is 2.83. The Bertz CT molecular complexity index is 550. The van der Waals surface area contributed by atoms with Gasteiger partial charge in [-0.3, -0.25) is 4.79 Å². The zero-order valence-electron chi connectivity index (χ0n) is 15.0. The molecule has 0 aromatic carbocycles. The quantitative estimate of drug-likeness (QED) is 0.667. The lowest BCUT2D eigenvalue weighted by atomic mass is 9.44. The molecule has 4 aliphatic rings. The Morgan fingerprint density at radius 1 is 1.17 bits per heavy atom. The van der Waals surface area contributed by atoms with Crippen molar-refractivity contribution < 1.29 is 9.90 Å².